The van der Waals surface area contributed by atoms with Crippen LogP contribution in [0.3, 0.4) is 0 Å². The minimum atomic E-state index is -0.756. The van der Waals surface area contributed by atoms with Gasteiger partial charge in [-0.3, -0.25) is 4.79 Å². The van der Waals surface area contributed by atoms with Gasteiger partial charge in [0.25, 0.3) is 0 Å². The molecule has 1 saturated heterocycles. The van der Waals surface area contributed by atoms with Gasteiger partial charge >= 0.3 is 12.1 Å². The number of aliphatic carboxylic acids is 1. The Labute approximate surface area is 198 Å². The van der Waals surface area contributed by atoms with Gasteiger partial charge in [-0.25, -0.2) is 9.78 Å². The molecule has 0 aliphatic carbocycles. The Morgan fingerprint density at radius 2 is 1.97 bits per heavy atom. The number of hydrogen-bond acceptors (Lipinski definition) is 5. The van der Waals surface area contributed by atoms with E-state index in [1.165, 1.54) is 18.2 Å². The third-order valence-electron chi connectivity index (χ3n) is 7.11. The average molecular weight is 463 g/mol. The third-order valence-corrected chi connectivity index (χ3v) is 7.11. The molecule has 2 aliphatic rings. The number of anilines is 1. The summed E-state index contributed by atoms with van der Waals surface area (Å²) < 4.78 is 7.22. The van der Waals surface area contributed by atoms with Gasteiger partial charge in [-0.2, -0.15) is 0 Å². The highest BCUT2D eigenvalue weighted by molar-refractivity contribution is 5.85. The Balaban J connectivity index is 1.59. The van der Waals surface area contributed by atoms with Crippen LogP contribution in [0.2, 0.25) is 0 Å². The number of amides is 1. The maximum absolute atomic E-state index is 12.2. The molecule has 8 heteroatoms. The number of aromatic nitrogens is 2. The Morgan fingerprint density at radius 3 is 2.68 bits per heavy atom. The lowest BCUT2D eigenvalue weighted by molar-refractivity contribution is -0.140. The van der Waals surface area contributed by atoms with Gasteiger partial charge in [-0.15, -0.1) is 0 Å². The van der Waals surface area contributed by atoms with Crippen LogP contribution in [0, 0.1) is 5.92 Å². The average Bonchev–Trinajstić information content (AvgIpc) is 3.49. The normalized spacial score (nSPS) is 18.7. The quantitative estimate of drug-likeness (QED) is 0.619. The van der Waals surface area contributed by atoms with E-state index in [-0.39, 0.29) is 18.1 Å². The van der Waals surface area contributed by atoms with Crippen molar-refractivity contribution < 1.29 is 19.4 Å². The van der Waals surface area contributed by atoms with Gasteiger partial charge in [0.2, 0.25) is 5.95 Å². The van der Waals surface area contributed by atoms with Crippen LogP contribution in [0.25, 0.3) is 11.0 Å². The molecular formula is C26H30N4O4. The number of carbonyl (C=O) groups is 2. The zero-order chi connectivity index (χ0) is 23.8. The smallest absolute Gasteiger partial charge is 0.409 e. The van der Waals surface area contributed by atoms with Crippen molar-refractivity contribution >= 4 is 29.0 Å². The topological polar surface area (TPSA) is 87.9 Å². The molecule has 3 aromatic rings. The van der Waals surface area contributed by atoms with Crippen LogP contribution in [-0.4, -0.2) is 58.4 Å². The van der Waals surface area contributed by atoms with Crippen molar-refractivity contribution in [2.45, 2.75) is 38.8 Å². The van der Waals surface area contributed by atoms with Crippen molar-refractivity contribution in [3.8, 4) is 0 Å². The highest BCUT2D eigenvalue weighted by atomic mass is 16.5. The van der Waals surface area contributed by atoms with Crippen LogP contribution in [0.5, 0.6) is 0 Å². The molecule has 2 aromatic carbocycles. The summed E-state index contributed by atoms with van der Waals surface area (Å²) in [5.41, 5.74) is 5.39. The highest BCUT2D eigenvalue weighted by Crippen LogP contribution is 2.35. The van der Waals surface area contributed by atoms with Crippen molar-refractivity contribution in [1.82, 2.24) is 14.5 Å². The first-order valence-electron chi connectivity index (χ1n) is 11.8. The fourth-order valence-corrected chi connectivity index (χ4v) is 5.32. The van der Waals surface area contributed by atoms with Crippen molar-refractivity contribution in [1.29, 1.82) is 0 Å². The largest absolute Gasteiger partial charge is 0.481 e. The molecule has 0 radical (unpaired) electrons. The van der Waals surface area contributed by atoms with Gasteiger partial charge in [-0.05, 0) is 43.4 Å². The summed E-state index contributed by atoms with van der Waals surface area (Å²) >= 11 is 0. The van der Waals surface area contributed by atoms with E-state index in [1.54, 1.807) is 4.90 Å². The summed E-state index contributed by atoms with van der Waals surface area (Å²) in [5, 5.41) is 9.55. The van der Waals surface area contributed by atoms with Gasteiger partial charge in [-0.1, -0.05) is 36.4 Å². The lowest BCUT2D eigenvalue weighted by Gasteiger charge is -2.28. The maximum Gasteiger partial charge on any atom is 0.409 e. The number of imidazole rings is 1. The van der Waals surface area contributed by atoms with Crippen LogP contribution >= 0.6 is 0 Å². The minimum absolute atomic E-state index is 0.115. The van der Waals surface area contributed by atoms with Gasteiger partial charge < -0.3 is 24.2 Å². The molecule has 1 N–H and O–H groups in total. The molecule has 0 saturated carbocycles. The molecule has 2 atom stereocenters. The number of carboxylic acids is 1. The molecule has 1 aromatic heterocycles. The summed E-state index contributed by atoms with van der Waals surface area (Å²) in [6.45, 7) is 4.38. The van der Waals surface area contributed by atoms with E-state index >= 15 is 0 Å². The second-order valence-corrected chi connectivity index (χ2v) is 9.30. The van der Waals surface area contributed by atoms with E-state index in [9.17, 15) is 14.7 Å². The fourth-order valence-electron chi connectivity index (χ4n) is 5.32. The second-order valence-electron chi connectivity index (χ2n) is 9.30. The molecule has 34 heavy (non-hydrogen) atoms. The Hall–Kier alpha value is -3.55. The standard InChI is InChI=1S/C26H30N4O4/c1-17(14-18-6-4-3-5-7-18)30-22-9-8-19-10-13-29(26(33)34-2)16-21(19)23(22)27-25(30)28-12-11-20(15-28)24(31)32/h3-9,17,20H,10-16H2,1-2H3,(H,31,32)/t17-,20+/m0/s1. The van der Waals surface area contributed by atoms with E-state index in [4.69, 9.17) is 9.72 Å². The van der Waals surface area contributed by atoms with Crippen LogP contribution in [-0.2, 0) is 28.9 Å². The van der Waals surface area contributed by atoms with Gasteiger partial charge in [0.1, 0.15) is 0 Å². The van der Waals surface area contributed by atoms with Crippen LogP contribution < -0.4 is 4.90 Å². The number of nitrogens with zero attached hydrogens (tertiary/aromatic N) is 4. The monoisotopic (exact) mass is 462 g/mol. The fraction of sp³-hybridized carbons (Fsp3) is 0.423. The number of benzene rings is 2. The Kier molecular flexibility index (Phi) is 5.89. The van der Waals surface area contributed by atoms with Crippen molar-refractivity contribution in [3.63, 3.8) is 0 Å². The lowest BCUT2D eigenvalue weighted by Crippen LogP contribution is -2.35. The van der Waals surface area contributed by atoms with E-state index < -0.39 is 5.97 Å². The first-order chi connectivity index (χ1) is 16.5. The molecule has 3 heterocycles. The molecule has 0 unspecified atom stereocenters. The van der Waals surface area contributed by atoms with E-state index in [1.807, 2.05) is 18.2 Å². The summed E-state index contributed by atoms with van der Waals surface area (Å²) in [6.07, 6.45) is 1.87. The summed E-state index contributed by atoms with van der Waals surface area (Å²) in [5.74, 6) is -0.333. The van der Waals surface area contributed by atoms with E-state index in [2.05, 4.69) is 40.7 Å². The summed E-state index contributed by atoms with van der Waals surface area (Å²) in [7, 11) is 1.41. The molecule has 0 bridgehead atoms. The number of fused-ring (bicyclic) bond motifs is 3. The molecule has 8 nitrogen and oxygen atoms in total. The van der Waals surface area contributed by atoms with E-state index in [0.29, 0.717) is 32.6 Å². The molecule has 1 fully saturated rings. The second kappa shape index (κ2) is 9.00. The van der Waals surface area contributed by atoms with Crippen LogP contribution in [0.1, 0.15) is 36.1 Å². The number of ether oxygens (including phenoxy) is 1. The Bertz CT molecular complexity index is 1220. The first kappa shape index (κ1) is 22.3. The molecule has 0 spiro atoms. The number of rotatable bonds is 5. The number of carbonyl (C=O) groups excluding carboxylic acids is 1. The Morgan fingerprint density at radius 1 is 1.18 bits per heavy atom. The number of carboxylic acid groups (broad SMARTS) is 1. The zero-order valence-electron chi connectivity index (χ0n) is 19.6. The highest BCUT2D eigenvalue weighted by Gasteiger charge is 2.33. The molecule has 178 valence electrons. The van der Waals surface area contributed by atoms with Crippen LogP contribution in [0.15, 0.2) is 42.5 Å². The predicted octanol–water partition coefficient (Wildman–Crippen LogP) is 3.88. The van der Waals surface area contributed by atoms with Crippen LogP contribution in [0.4, 0.5) is 10.7 Å². The minimum Gasteiger partial charge on any atom is -0.481 e. The number of methoxy groups -OCH3 is 1. The third kappa shape index (κ3) is 3.97. The summed E-state index contributed by atoms with van der Waals surface area (Å²) in [4.78, 5) is 32.8. The van der Waals surface area contributed by atoms with E-state index in [0.717, 1.165) is 35.4 Å². The number of hydrogen-bond donors (Lipinski definition) is 1. The van der Waals surface area contributed by atoms with Crippen molar-refractivity contribution in [2.24, 2.45) is 5.92 Å². The lowest BCUT2D eigenvalue weighted by atomic mass is 9.98. The molecule has 1 amide bonds. The summed E-state index contributed by atoms with van der Waals surface area (Å²) in [6, 6.07) is 14.8. The zero-order valence-corrected chi connectivity index (χ0v) is 19.6. The SMILES string of the molecule is COC(=O)N1CCc2ccc3c(nc(N4CC[C@@H](C(=O)O)C4)n3[C@@H](C)Cc3ccccc3)c2C1. The van der Waals surface area contributed by atoms with Gasteiger partial charge in [0.15, 0.2) is 0 Å². The van der Waals surface area contributed by atoms with Crippen molar-refractivity contribution in [2.75, 3.05) is 31.6 Å². The predicted molar refractivity (Wildman–Crippen MR) is 129 cm³/mol. The molecule has 2 aliphatic heterocycles. The molecular weight excluding hydrogens is 432 g/mol. The van der Waals surface area contributed by atoms with Crippen molar-refractivity contribution in [3.05, 3.63) is 59.2 Å². The maximum atomic E-state index is 12.2. The molecule has 5 rings (SSSR count). The van der Waals surface area contributed by atoms with Gasteiger partial charge in [0, 0.05) is 31.2 Å². The first-order valence-corrected chi connectivity index (χ1v) is 11.8. The van der Waals surface area contributed by atoms with Gasteiger partial charge in [0.05, 0.1) is 30.6 Å².